The fourth-order valence-electron chi connectivity index (χ4n) is 3.03. The summed E-state index contributed by atoms with van der Waals surface area (Å²) in [5.74, 6) is -1.80. The van der Waals surface area contributed by atoms with Gasteiger partial charge in [-0.05, 0) is 12.2 Å². The molecule has 1 rings (SSSR count). The largest absolute Gasteiger partial charge is 0.465 e. The first-order valence-corrected chi connectivity index (χ1v) is 10.6. The van der Waals surface area contributed by atoms with Crippen molar-refractivity contribution in [3.05, 3.63) is 0 Å². The van der Waals surface area contributed by atoms with Crippen LogP contribution in [0.2, 0.25) is 0 Å². The molecule has 1 unspecified atom stereocenters. The van der Waals surface area contributed by atoms with E-state index in [9.17, 15) is 24.9 Å². The molecule has 0 aromatic heterocycles. The molecule has 0 aromatic carbocycles. The van der Waals surface area contributed by atoms with Crippen molar-refractivity contribution in [2.24, 2.45) is 0 Å². The molecule has 6 atom stereocenters. The highest BCUT2D eigenvalue weighted by molar-refractivity contribution is 7.99. The Balaban J connectivity index is 3.03. The van der Waals surface area contributed by atoms with E-state index in [1.54, 1.807) is 11.8 Å². The van der Waals surface area contributed by atoms with Crippen LogP contribution in [0.5, 0.6) is 0 Å². The molecule has 29 heavy (non-hydrogen) atoms. The van der Waals surface area contributed by atoms with E-state index < -0.39 is 54.7 Å². The van der Waals surface area contributed by atoms with Crippen molar-refractivity contribution in [1.29, 1.82) is 0 Å². The van der Waals surface area contributed by atoms with Crippen molar-refractivity contribution in [2.45, 2.75) is 56.0 Å². The van der Waals surface area contributed by atoms with Gasteiger partial charge in [0.05, 0.1) is 39.0 Å². The molecule has 8 N–H and O–H groups in total. The topological polar surface area (TPSA) is 182 Å². The number of ether oxygens (including phenoxy) is 3. The van der Waals surface area contributed by atoms with Crippen LogP contribution < -0.4 is 11.1 Å². The summed E-state index contributed by atoms with van der Waals surface area (Å²) in [7, 11) is 1.13. The minimum Gasteiger partial charge on any atom is -0.465 e. The quantitative estimate of drug-likeness (QED) is 0.132. The fraction of sp³-hybridized carbons (Fsp3) is 0.882. The zero-order chi connectivity index (χ0) is 22.0. The summed E-state index contributed by atoms with van der Waals surface area (Å²) < 4.78 is 16.2. The van der Waals surface area contributed by atoms with E-state index in [1.165, 1.54) is 6.92 Å². The zero-order valence-corrected chi connectivity index (χ0v) is 17.6. The Kier molecular flexibility index (Phi) is 11.4. The summed E-state index contributed by atoms with van der Waals surface area (Å²) in [5.41, 5.74) is 3.75. The second kappa shape index (κ2) is 12.6. The molecule has 0 radical (unpaired) electrons. The molecule has 0 bridgehead atoms. The molecular formula is C17H33N2O9S+. The minimum absolute atomic E-state index is 0.113. The van der Waals surface area contributed by atoms with Gasteiger partial charge >= 0.3 is 5.97 Å². The third kappa shape index (κ3) is 7.33. The van der Waals surface area contributed by atoms with E-state index in [2.05, 4.69) is 11.1 Å². The number of aliphatic hydroxyl groups excluding tert-OH is 4. The van der Waals surface area contributed by atoms with Gasteiger partial charge in [-0.1, -0.05) is 0 Å². The summed E-state index contributed by atoms with van der Waals surface area (Å²) in [6.07, 6.45) is -5.90. The highest BCUT2D eigenvalue weighted by Gasteiger charge is 2.56. The van der Waals surface area contributed by atoms with Crippen LogP contribution in [0.25, 0.3) is 0 Å². The number of nitrogens with one attached hydrogen (secondary N) is 1. The van der Waals surface area contributed by atoms with Gasteiger partial charge in [0, 0.05) is 19.1 Å². The zero-order valence-electron chi connectivity index (χ0n) is 16.8. The molecule has 170 valence electrons. The highest BCUT2D eigenvalue weighted by atomic mass is 32.2. The number of amides is 1. The molecule has 1 amide bonds. The first-order chi connectivity index (χ1) is 13.7. The molecule has 0 aliphatic carbocycles. The highest BCUT2D eigenvalue weighted by Crippen LogP contribution is 2.34. The molecule has 1 aliphatic rings. The maximum Gasteiger partial charge on any atom is 0.366 e. The van der Waals surface area contributed by atoms with Crippen LogP contribution in [0.15, 0.2) is 0 Å². The lowest BCUT2D eigenvalue weighted by Gasteiger charge is -2.46. The van der Waals surface area contributed by atoms with Crippen LogP contribution in [-0.2, 0) is 23.8 Å². The van der Waals surface area contributed by atoms with Gasteiger partial charge in [0.2, 0.25) is 5.91 Å². The SMILES string of the molecule is COC(=O)[C@@]1(OCCCSCC[NH3+])C[C@@H](O)[C@@H](NC(C)=O)C([C@H](O)[C@H](O)CO)O1. The minimum atomic E-state index is -2.03. The maximum atomic E-state index is 12.5. The third-order valence-electron chi connectivity index (χ3n) is 4.41. The van der Waals surface area contributed by atoms with Gasteiger partial charge in [-0.25, -0.2) is 4.79 Å². The van der Waals surface area contributed by atoms with Crippen LogP contribution in [0.4, 0.5) is 0 Å². The number of carbonyl (C=O) groups excluding carboxylic acids is 2. The lowest BCUT2D eigenvalue weighted by atomic mass is 9.88. The Bertz CT molecular complexity index is 527. The van der Waals surface area contributed by atoms with E-state index in [0.717, 1.165) is 25.2 Å². The Morgan fingerprint density at radius 1 is 1.38 bits per heavy atom. The number of esters is 1. The lowest BCUT2D eigenvalue weighted by Crippen LogP contribution is -2.68. The molecule has 0 saturated carbocycles. The van der Waals surface area contributed by atoms with E-state index >= 15 is 0 Å². The standard InChI is InChI=1S/C17H32N2O9S/c1-10(21)19-13-11(22)8-17(16(25)26-2,27-5-3-6-29-7-4-18)28-15(13)14(24)12(23)9-20/h11-15,20,22-24H,3-9,18H2,1-2H3,(H,19,21)/p+1/t11-,12-,13-,14-,15?,17-/m1/s1. The van der Waals surface area contributed by atoms with Crippen molar-refractivity contribution in [2.75, 3.05) is 38.4 Å². The normalized spacial score (nSPS) is 29.1. The summed E-state index contributed by atoms with van der Waals surface area (Å²) in [4.78, 5) is 24.0. The van der Waals surface area contributed by atoms with Gasteiger partial charge in [0.25, 0.3) is 5.79 Å². The fourth-order valence-corrected chi connectivity index (χ4v) is 3.76. The predicted octanol–water partition coefficient (Wildman–Crippen LogP) is -3.39. The van der Waals surface area contributed by atoms with Crippen LogP contribution in [0, 0.1) is 0 Å². The summed E-state index contributed by atoms with van der Waals surface area (Å²) >= 11 is 1.68. The first-order valence-electron chi connectivity index (χ1n) is 9.41. The van der Waals surface area contributed by atoms with Crippen molar-refractivity contribution in [1.82, 2.24) is 5.32 Å². The Hall–Kier alpha value is -0.990. The molecule has 12 heteroatoms. The lowest BCUT2D eigenvalue weighted by molar-refractivity contribution is -0.360. The number of hydrogen-bond acceptors (Lipinski definition) is 10. The van der Waals surface area contributed by atoms with Crippen LogP contribution in [0.1, 0.15) is 19.8 Å². The number of thioether (sulfide) groups is 1. The van der Waals surface area contributed by atoms with Crippen molar-refractivity contribution >= 4 is 23.6 Å². The van der Waals surface area contributed by atoms with E-state index in [1.807, 2.05) is 0 Å². The van der Waals surface area contributed by atoms with Crippen LogP contribution >= 0.6 is 11.8 Å². The molecule has 1 saturated heterocycles. The van der Waals surface area contributed by atoms with Gasteiger partial charge in [-0.3, -0.25) is 4.79 Å². The van der Waals surface area contributed by atoms with E-state index in [0.29, 0.717) is 6.42 Å². The monoisotopic (exact) mass is 441 g/mol. The van der Waals surface area contributed by atoms with Crippen molar-refractivity contribution < 1.29 is 50.0 Å². The average molecular weight is 442 g/mol. The van der Waals surface area contributed by atoms with Crippen molar-refractivity contribution in [3.8, 4) is 0 Å². The Labute approximate surface area is 173 Å². The van der Waals surface area contributed by atoms with Crippen LogP contribution in [0.3, 0.4) is 0 Å². The second-order valence-corrected chi connectivity index (χ2v) is 7.96. The van der Waals surface area contributed by atoms with Gasteiger partial charge in [-0.15, -0.1) is 0 Å². The number of hydrogen-bond donors (Lipinski definition) is 6. The van der Waals surface area contributed by atoms with Gasteiger partial charge < -0.3 is 45.7 Å². The summed E-state index contributed by atoms with van der Waals surface area (Å²) in [6, 6.07) is -1.14. The maximum absolute atomic E-state index is 12.5. The first kappa shape index (κ1) is 26.0. The average Bonchev–Trinajstić information content (AvgIpc) is 2.70. The molecule has 0 spiro atoms. The summed E-state index contributed by atoms with van der Waals surface area (Å²) in [6.45, 7) is 1.33. The van der Waals surface area contributed by atoms with Crippen LogP contribution in [-0.4, -0.2) is 107 Å². The predicted molar refractivity (Wildman–Crippen MR) is 103 cm³/mol. The van der Waals surface area contributed by atoms with Gasteiger partial charge in [0.1, 0.15) is 18.3 Å². The summed E-state index contributed by atoms with van der Waals surface area (Å²) in [5, 5.41) is 42.4. The Morgan fingerprint density at radius 3 is 2.62 bits per heavy atom. The molecule has 1 fully saturated rings. The number of rotatable bonds is 12. The van der Waals surface area contributed by atoms with Gasteiger partial charge in [0.15, 0.2) is 0 Å². The molecular weight excluding hydrogens is 408 g/mol. The number of aliphatic hydroxyl groups is 4. The van der Waals surface area contributed by atoms with Crippen molar-refractivity contribution in [3.63, 3.8) is 0 Å². The molecule has 0 aromatic rings. The molecule has 1 heterocycles. The third-order valence-corrected chi connectivity index (χ3v) is 5.57. The van der Waals surface area contributed by atoms with E-state index in [-0.39, 0.29) is 13.0 Å². The van der Waals surface area contributed by atoms with E-state index in [4.69, 9.17) is 19.3 Å². The number of carbonyl (C=O) groups is 2. The molecule has 11 nitrogen and oxygen atoms in total. The second-order valence-electron chi connectivity index (χ2n) is 6.73. The smallest absolute Gasteiger partial charge is 0.366 e. The number of quaternary nitrogens is 1. The Morgan fingerprint density at radius 2 is 2.07 bits per heavy atom. The molecule has 1 aliphatic heterocycles. The number of methoxy groups -OCH3 is 1. The van der Waals surface area contributed by atoms with Gasteiger partial charge in [-0.2, -0.15) is 11.8 Å².